The average molecular weight is 704 g/mol. The van der Waals surface area contributed by atoms with Crippen LogP contribution >= 0.6 is 0 Å². The van der Waals surface area contributed by atoms with E-state index in [0.29, 0.717) is 17.0 Å². The summed E-state index contributed by atoms with van der Waals surface area (Å²) in [4.78, 5) is 5.04. The predicted molar refractivity (Wildman–Crippen MR) is 227 cm³/mol. The Kier molecular flexibility index (Phi) is 4.16. The van der Waals surface area contributed by atoms with Crippen LogP contribution in [0.3, 0.4) is 0 Å². The van der Waals surface area contributed by atoms with Gasteiger partial charge >= 0.3 is 0 Å². The van der Waals surface area contributed by atoms with E-state index in [-0.39, 0.29) is 66.5 Å². The van der Waals surface area contributed by atoms with Crippen LogP contribution in [0.2, 0.25) is 0 Å². The second kappa shape index (κ2) is 11.6. The number of nitrogens with zero attached hydrogens (tertiary/aromatic N) is 2. The fourth-order valence-corrected chi connectivity index (χ4v) is 8.03. The minimum absolute atomic E-state index is 0.0234. The first kappa shape index (κ1) is 19.3. The third-order valence-corrected chi connectivity index (χ3v) is 10.6. The SMILES string of the molecule is [2H]c1c([2H])c([2H])c2c(c1[2H])-c1c([2H])c([2H])c(-c3c4c([2H])c([2H])c([2H])c([2H])c4c(-c4ccc(-c5nc6ccccc6n5-c5ccc6ccccc6c5)cc4)c4c([2H])c([2H])c([2H])c([2H])c34)c([2H])c1C2(C)C. The van der Waals surface area contributed by atoms with Crippen molar-refractivity contribution in [3.05, 3.63) is 193 Å². The summed E-state index contributed by atoms with van der Waals surface area (Å²) in [5.74, 6) is 0.596. The quantitative estimate of drug-likeness (QED) is 0.167. The smallest absolute Gasteiger partial charge is 0.145 e. The molecule has 0 spiro atoms. The zero-order valence-corrected chi connectivity index (χ0v) is 29.1. The number of para-hydroxylation sites is 2. The van der Waals surface area contributed by atoms with Gasteiger partial charge in [-0.25, -0.2) is 4.98 Å². The van der Waals surface area contributed by atoms with E-state index in [9.17, 15) is 9.60 Å². The van der Waals surface area contributed by atoms with E-state index < -0.39 is 90.0 Å². The summed E-state index contributed by atoms with van der Waals surface area (Å²) in [6.07, 6.45) is 0. The molecule has 0 saturated carbocycles. The lowest BCUT2D eigenvalue weighted by molar-refractivity contribution is 0.660. The van der Waals surface area contributed by atoms with E-state index in [0.717, 1.165) is 27.5 Å². The largest absolute Gasteiger partial charge is 0.292 e. The molecule has 0 amide bonds. The molecule has 9 aromatic carbocycles. The van der Waals surface area contributed by atoms with Gasteiger partial charge in [0.1, 0.15) is 5.82 Å². The molecule has 1 aliphatic rings. The maximum absolute atomic E-state index is 9.94. The van der Waals surface area contributed by atoms with Crippen LogP contribution in [0.25, 0.3) is 93.8 Å². The first-order valence-electron chi connectivity index (χ1n) is 25.1. The highest BCUT2D eigenvalue weighted by molar-refractivity contribution is 6.21. The number of imidazole rings is 1. The highest BCUT2D eigenvalue weighted by Crippen LogP contribution is 2.51. The Morgan fingerprint density at radius 3 is 1.85 bits per heavy atom. The molecule has 2 heteroatoms. The van der Waals surface area contributed by atoms with Crippen molar-refractivity contribution in [1.82, 2.24) is 9.55 Å². The predicted octanol–water partition coefficient (Wildman–Crippen LogP) is 13.8. The molecule has 1 heterocycles. The van der Waals surface area contributed by atoms with Crippen LogP contribution in [0.4, 0.5) is 0 Å². The monoisotopic (exact) mass is 703 g/mol. The molecule has 0 unspecified atom stereocenters. The van der Waals surface area contributed by atoms with E-state index in [1.165, 1.54) is 0 Å². The molecule has 0 fully saturated rings. The summed E-state index contributed by atoms with van der Waals surface area (Å²) >= 11 is 0. The summed E-state index contributed by atoms with van der Waals surface area (Å²) < 4.78 is 140. The first-order chi connectivity index (χ1) is 32.8. The van der Waals surface area contributed by atoms with Crippen LogP contribution in [0.5, 0.6) is 0 Å². The third-order valence-electron chi connectivity index (χ3n) is 10.6. The molecular weight excluding hydrogens is 653 g/mol. The lowest BCUT2D eigenvalue weighted by Gasteiger charge is -2.23. The molecule has 0 atom stereocenters. The zero-order valence-electron chi connectivity index (χ0n) is 44.1. The van der Waals surface area contributed by atoms with Gasteiger partial charge in [-0.2, -0.15) is 0 Å². The summed E-state index contributed by atoms with van der Waals surface area (Å²) in [5.41, 5.74) is 1.62. The van der Waals surface area contributed by atoms with Crippen molar-refractivity contribution < 1.29 is 20.6 Å². The van der Waals surface area contributed by atoms with Gasteiger partial charge in [0, 0.05) is 16.7 Å². The number of fused-ring (bicyclic) bond motifs is 7. The average Bonchev–Trinajstić information content (AvgIpc) is 3.86. The standard InChI is InChI=1S/C52H36N2/c1-52(2)45-20-10-9-15-39(45)40-30-28-37(32-46(40)52)50-43-18-7-5-16-41(43)49(42-17-6-8-19-44(42)50)34-23-25-35(26-24-34)51-53-47-21-11-12-22-48(47)54(51)38-29-27-33-13-3-4-14-36(33)31-38/h3-32H,1-2H3/i5D,6D,7D,8D,9D,10D,15D,16D,17D,18D,19D,20D,28D,30D,32D. The Bertz CT molecular complexity index is 3910. The molecule has 0 bridgehead atoms. The van der Waals surface area contributed by atoms with E-state index in [4.69, 9.17) is 16.0 Å². The maximum atomic E-state index is 9.94. The molecule has 10 aromatic rings. The van der Waals surface area contributed by atoms with Crippen LogP contribution in [-0.2, 0) is 5.41 Å². The van der Waals surface area contributed by atoms with E-state index in [1.807, 2.05) is 65.2 Å². The van der Waals surface area contributed by atoms with E-state index in [1.54, 1.807) is 38.1 Å². The van der Waals surface area contributed by atoms with Crippen LogP contribution in [0.15, 0.2) is 182 Å². The van der Waals surface area contributed by atoms with Crippen molar-refractivity contribution in [3.63, 3.8) is 0 Å². The Morgan fingerprint density at radius 2 is 1.11 bits per heavy atom. The number of aromatic nitrogens is 2. The molecule has 0 radical (unpaired) electrons. The second-order valence-electron chi connectivity index (χ2n) is 14.0. The van der Waals surface area contributed by atoms with Crippen LogP contribution in [-0.4, -0.2) is 9.55 Å². The van der Waals surface area contributed by atoms with Gasteiger partial charge in [0.25, 0.3) is 0 Å². The Hall–Kier alpha value is -6.77. The third kappa shape index (κ3) is 4.50. The van der Waals surface area contributed by atoms with Crippen molar-refractivity contribution in [1.29, 1.82) is 0 Å². The minimum Gasteiger partial charge on any atom is -0.292 e. The summed E-state index contributed by atoms with van der Waals surface area (Å²) in [6, 6.07) is 20.5. The zero-order chi connectivity index (χ0) is 49.0. The molecule has 54 heavy (non-hydrogen) atoms. The van der Waals surface area contributed by atoms with Gasteiger partial charge in [-0.1, -0.05) is 165 Å². The van der Waals surface area contributed by atoms with Gasteiger partial charge in [0.05, 0.1) is 31.6 Å². The Labute approximate surface area is 335 Å². The van der Waals surface area contributed by atoms with Crippen molar-refractivity contribution in [2.24, 2.45) is 0 Å². The molecule has 0 N–H and O–H groups in total. The Morgan fingerprint density at radius 1 is 0.519 bits per heavy atom. The molecule has 2 nitrogen and oxygen atoms in total. The molecule has 1 aromatic heterocycles. The number of hydrogen-bond acceptors (Lipinski definition) is 1. The normalized spacial score (nSPS) is 17.0. The Balaban J connectivity index is 1.24. The van der Waals surface area contributed by atoms with Gasteiger partial charge in [-0.3, -0.25) is 4.57 Å². The topological polar surface area (TPSA) is 17.8 Å². The minimum atomic E-state index is -1.36. The van der Waals surface area contributed by atoms with Crippen LogP contribution < -0.4 is 0 Å². The van der Waals surface area contributed by atoms with Crippen LogP contribution in [0.1, 0.15) is 45.5 Å². The second-order valence-corrected chi connectivity index (χ2v) is 14.0. The first-order valence-corrected chi connectivity index (χ1v) is 17.6. The molecule has 11 rings (SSSR count). The van der Waals surface area contributed by atoms with Gasteiger partial charge in [0.15, 0.2) is 0 Å². The highest BCUT2D eigenvalue weighted by Gasteiger charge is 2.35. The lowest BCUT2D eigenvalue weighted by Crippen LogP contribution is -2.14. The fourth-order valence-electron chi connectivity index (χ4n) is 8.03. The number of rotatable bonds is 4. The van der Waals surface area contributed by atoms with Gasteiger partial charge in [0.2, 0.25) is 0 Å². The number of hydrogen-bond donors (Lipinski definition) is 0. The molecule has 1 aliphatic carbocycles. The number of benzene rings is 9. The van der Waals surface area contributed by atoms with Crippen molar-refractivity contribution in [3.8, 4) is 50.5 Å². The van der Waals surface area contributed by atoms with E-state index in [2.05, 4.69) is 6.07 Å². The van der Waals surface area contributed by atoms with Gasteiger partial charge in [-0.05, 0) is 107 Å². The van der Waals surface area contributed by atoms with Crippen LogP contribution in [0, 0.1) is 0 Å². The van der Waals surface area contributed by atoms with Crippen molar-refractivity contribution >= 4 is 43.4 Å². The highest BCUT2D eigenvalue weighted by atomic mass is 15.1. The van der Waals surface area contributed by atoms with Gasteiger partial charge < -0.3 is 0 Å². The lowest BCUT2D eigenvalue weighted by atomic mass is 9.80. The maximum Gasteiger partial charge on any atom is 0.145 e. The van der Waals surface area contributed by atoms with E-state index >= 15 is 0 Å². The van der Waals surface area contributed by atoms with Crippen molar-refractivity contribution in [2.45, 2.75) is 19.3 Å². The summed E-state index contributed by atoms with van der Waals surface area (Å²) in [5, 5.41) is 1.33. The molecule has 254 valence electrons. The molecule has 0 aliphatic heterocycles. The van der Waals surface area contributed by atoms with Crippen molar-refractivity contribution in [2.75, 3.05) is 0 Å². The fraction of sp³-hybridized carbons (Fsp3) is 0.0577. The molecule has 0 saturated heterocycles. The summed E-state index contributed by atoms with van der Waals surface area (Å²) in [7, 11) is 0. The molecular formula is C52H36N2. The van der Waals surface area contributed by atoms with Gasteiger partial charge in [-0.15, -0.1) is 0 Å². The summed E-state index contributed by atoms with van der Waals surface area (Å²) in [6.45, 7) is 3.28.